The van der Waals surface area contributed by atoms with Crippen LogP contribution in [0.1, 0.15) is 174 Å². The number of likely N-dealkylation sites (tertiary alicyclic amines) is 4. The predicted octanol–water partition coefficient (Wildman–Crippen LogP) is 15.2. The van der Waals surface area contributed by atoms with Gasteiger partial charge in [0, 0.05) is 74.1 Å². The lowest BCUT2D eigenvalue weighted by molar-refractivity contribution is -0.140. The zero-order valence-electron chi connectivity index (χ0n) is 78.3. The van der Waals surface area contributed by atoms with E-state index < -0.39 is 60.1 Å². The predicted molar refractivity (Wildman–Crippen MR) is 493 cm³/mol. The number of alkyl carbamates (subject to hydrolysis) is 4. The second kappa shape index (κ2) is 40.0. The zero-order chi connectivity index (χ0) is 94.7. The lowest BCUT2D eigenvalue weighted by Gasteiger charge is -2.30. The van der Waals surface area contributed by atoms with Crippen LogP contribution in [-0.2, 0) is 65.5 Å². The molecule has 4 fully saturated rings. The first-order valence-corrected chi connectivity index (χ1v) is 45.0. The average molecular weight is 1820 g/mol. The van der Waals surface area contributed by atoms with Crippen molar-refractivity contribution < 1.29 is 90.9 Å². The first-order valence-electron chi connectivity index (χ1n) is 45.0. The molecule has 0 saturated carbocycles. The van der Waals surface area contributed by atoms with E-state index in [1.807, 2.05) is 102 Å². The molecule has 6 aliphatic heterocycles. The second-order valence-electron chi connectivity index (χ2n) is 37.7. The Hall–Kier alpha value is -13.1. The Kier molecular flexibility index (Phi) is 28.8. The Morgan fingerprint density at radius 2 is 0.811 bits per heavy atom. The fourth-order valence-electron chi connectivity index (χ4n) is 18.8. The van der Waals surface area contributed by atoms with Gasteiger partial charge in [-0.2, -0.15) is 0 Å². The van der Waals surface area contributed by atoms with Crippen molar-refractivity contribution >= 4 is 97.8 Å². The van der Waals surface area contributed by atoms with E-state index >= 15 is 0 Å². The van der Waals surface area contributed by atoms with Crippen molar-refractivity contribution in [1.82, 2.24) is 80.7 Å². The van der Waals surface area contributed by atoms with Crippen LogP contribution in [-0.4, -0.2) is 231 Å². The molecule has 4 aromatic heterocycles. The third kappa shape index (κ3) is 20.4. The monoisotopic (exact) mass is 1810 g/mol. The highest BCUT2D eigenvalue weighted by atomic mass is 16.6. The summed E-state index contributed by atoms with van der Waals surface area (Å²) in [6.07, 6.45) is 3.52. The number of nitrogens with zero attached hydrogens (tertiary/aromatic N) is 8. The van der Waals surface area contributed by atoms with Gasteiger partial charge in [0.05, 0.1) is 112 Å². The van der Waals surface area contributed by atoms with E-state index in [0.717, 1.165) is 136 Å². The minimum atomic E-state index is -1.06. The van der Waals surface area contributed by atoms with Crippen LogP contribution in [0.4, 0.5) is 24.0 Å². The third-order valence-corrected chi connectivity index (χ3v) is 25.4. The SMILES string of the molecule is COC(=O)NC(C(=O)O)C(C)C.COC[C@H]1C[C@@H](c2nc3c(ccc4cc5c(cc43)OCc3cc(-c4cnc(C6C[C@H](C)CN6C(=O)[C@@H](NC(=O)OC)C(C)C)[nH]4)ccc3-5)[nH]2)N(C(=O)OC(C)(C)C)C1.COC[C@H]1C[C@@H](c2nc3c(ccc4cc5c(cc43)OCc3cc(-c4cnc(C6C[C@H](C)CN6C(=O)[C@@H](NC(=O)OC)C(C)C)[nH]4)ccc3-5)[nH]2)N(C(=O)[C@@H](NC(=O)OC)C(C)C)C1. The molecule has 6 aromatic carbocycles. The molecule has 0 aliphatic carbocycles. The number of aromatic nitrogens is 8. The number of fused-ring (bicyclic) bond motifs is 12. The van der Waals surface area contributed by atoms with Crippen LogP contribution in [0.2, 0.25) is 0 Å². The highest BCUT2D eigenvalue weighted by Crippen LogP contribution is 2.48. The summed E-state index contributed by atoms with van der Waals surface area (Å²) >= 11 is 0. The van der Waals surface area contributed by atoms with Gasteiger partial charge in [0.1, 0.15) is 77.8 Å². The molecule has 0 spiro atoms. The van der Waals surface area contributed by atoms with E-state index in [1.54, 1.807) is 33.0 Å². The molecule has 35 heteroatoms. The molecule has 6 aliphatic rings. The van der Waals surface area contributed by atoms with Crippen molar-refractivity contribution in [3.8, 4) is 56.3 Å². The van der Waals surface area contributed by atoms with Gasteiger partial charge in [-0.05, 0) is 175 Å². The second-order valence-corrected chi connectivity index (χ2v) is 37.7. The van der Waals surface area contributed by atoms with Crippen LogP contribution in [0, 0.1) is 47.3 Å². The van der Waals surface area contributed by atoms with Gasteiger partial charge in [-0.1, -0.05) is 106 Å². The number of benzene rings is 6. The van der Waals surface area contributed by atoms with Crippen LogP contribution in [0.3, 0.4) is 0 Å². The summed E-state index contributed by atoms with van der Waals surface area (Å²) in [5, 5.41) is 22.9. The molecule has 10 heterocycles. The molecular formula is C97H122N16O19. The molecule has 0 bridgehead atoms. The van der Waals surface area contributed by atoms with E-state index in [-0.39, 0.29) is 95.3 Å². The molecule has 132 heavy (non-hydrogen) atoms. The van der Waals surface area contributed by atoms with E-state index in [2.05, 4.69) is 133 Å². The van der Waals surface area contributed by atoms with Gasteiger partial charge in [0.2, 0.25) is 17.7 Å². The Morgan fingerprint density at radius 1 is 0.447 bits per heavy atom. The number of carboxylic acid groups (broad SMARTS) is 1. The quantitative estimate of drug-likeness (QED) is 0.0285. The van der Waals surface area contributed by atoms with E-state index in [9.17, 15) is 43.2 Å². The highest BCUT2D eigenvalue weighted by molar-refractivity contribution is 6.08. The number of ether oxygens (including phenoxy) is 9. The standard InChI is InChI=1S/C46H56N8O8.C44H53N7O7.C7H13NO4/c1-23(2)38(51-45(57)60-7)43(55)53-19-25(5)13-35(53)41-47-18-34(49-41)28-9-11-30-29(15-28)22-62-37-17-31-27(16-32(30)37)10-12-33-40(31)50-42(48-33)36-14-26(21-59-6)20-54(36)44(56)39(24(3)4)52-46(58)61-8;1-23(2)37(49-42(53)56-8)41(52)50-19-24(3)13-34(50)39-45-18-33(47-39)27-9-11-29-28(15-27)22-57-36-17-30-26(16-31(29)36)10-12-32-38(30)48-40(46-32)35-14-25(21-55-7)20-51(35)43(54)58-44(4,5)6;1-4(2)5(6(9)10)8-7(11)12-3/h9-12,15-18,23-26,35-36,38-39H,13-14,19-22H2,1-8H3,(H,47,49)(H,48,50)(H,51,57)(H,52,58);9-12,15-18,23-25,34-35,37H,13-14,19-22H2,1-8H3,(H,45,47)(H,46,48)(H,49,53);4-5H,1-3H3,(H,8,11)(H,9,10)/t25-,26-,35?,36-,38-,39-;24-,25-,34?,35-,37-;/m00./s1. The van der Waals surface area contributed by atoms with Crippen LogP contribution in [0.15, 0.2) is 97.3 Å². The largest absolute Gasteiger partial charge is 0.488 e. The molecule has 35 nitrogen and oxygen atoms in total. The Morgan fingerprint density at radius 3 is 1.17 bits per heavy atom. The Labute approximate surface area is 765 Å². The van der Waals surface area contributed by atoms with Crippen molar-refractivity contribution in [2.24, 2.45) is 47.3 Å². The number of hydrogen-bond donors (Lipinski definition) is 9. The highest BCUT2D eigenvalue weighted by Gasteiger charge is 2.46. The molecule has 0 radical (unpaired) electrons. The summed E-state index contributed by atoms with van der Waals surface area (Å²) in [4.78, 5) is 154. The molecule has 16 rings (SSSR count). The van der Waals surface area contributed by atoms with Gasteiger partial charge in [-0.25, -0.2) is 48.7 Å². The smallest absolute Gasteiger partial charge is 0.410 e. The van der Waals surface area contributed by atoms with Crippen molar-refractivity contribution in [3.63, 3.8) is 0 Å². The molecule has 4 saturated heterocycles. The number of carbonyl (C=O) groups is 9. The Bertz CT molecular complexity index is 5970. The van der Waals surface area contributed by atoms with Gasteiger partial charge in [-0.15, -0.1) is 0 Å². The maximum absolute atomic E-state index is 14.1. The number of methoxy groups -OCH3 is 6. The summed E-state index contributed by atoms with van der Waals surface area (Å²) < 4.78 is 48.3. The number of hydrogen-bond acceptors (Lipinski definition) is 22. The van der Waals surface area contributed by atoms with Crippen molar-refractivity contribution in [2.75, 3.05) is 82.1 Å². The van der Waals surface area contributed by atoms with Crippen LogP contribution >= 0.6 is 0 Å². The average Bonchev–Trinajstić information content (AvgIpc) is 1.62. The number of rotatable bonds is 22. The molecule has 8 amide bonds. The van der Waals surface area contributed by atoms with Gasteiger partial charge in [-0.3, -0.25) is 19.3 Å². The lowest BCUT2D eigenvalue weighted by Crippen LogP contribution is -2.51. The van der Waals surface area contributed by atoms with Crippen molar-refractivity contribution in [2.45, 2.75) is 183 Å². The van der Waals surface area contributed by atoms with E-state index in [4.69, 9.17) is 62.9 Å². The maximum atomic E-state index is 14.1. The number of carbonyl (C=O) groups excluding carboxylic acids is 8. The molecular weight excluding hydrogens is 1690 g/mol. The summed E-state index contributed by atoms with van der Waals surface area (Å²) in [5.74, 6) is 3.02. The van der Waals surface area contributed by atoms with Crippen LogP contribution < -0.4 is 30.7 Å². The fourth-order valence-corrected chi connectivity index (χ4v) is 18.8. The van der Waals surface area contributed by atoms with Crippen LogP contribution in [0.25, 0.3) is 88.4 Å². The topological polar surface area (TPSA) is 433 Å². The number of H-pyrrole nitrogens is 4. The first kappa shape index (κ1) is 95.0. The minimum Gasteiger partial charge on any atom is -0.488 e. The minimum absolute atomic E-state index is 0.0964. The summed E-state index contributed by atoms with van der Waals surface area (Å²) in [7, 11) is 8.40. The number of carboxylic acids is 1. The van der Waals surface area contributed by atoms with Crippen molar-refractivity contribution in [3.05, 3.63) is 132 Å². The number of imidazole rings is 4. The first-order chi connectivity index (χ1) is 63.0. The summed E-state index contributed by atoms with van der Waals surface area (Å²) in [6.45, 7) is 28.6. The summed E-state index contributed by atoms with van der Waals surface area (Å²) in [6, 6.07) is 25.1. The lowest BCUT2D eigenvalue weighted by atomic mass is 9.92. The van der Waals surface area contributed by atoms with Crippen molar-refractivity contribution in [1.29, 1.82) is 0 Å². The summed E-state index contributed by atoms with van der Waals surface area (Å²) in [5.41, 5.74) is 12.6. The zero-order valence-corrected chi connectivity index (χ0v) is 78.3. The van der Waals surface area contributed by atoms with Gasteiger partial charge < -0.3 is 104 Å². The number of aliphatic carboxylic acids is 1. The van der Waals surface area contributed by atoms with Gasteiger partial charge >= 0.3 is 36.4 Å². The van der Waals surface area contributed by atoms with E-state index in [0.29, 0.717) is 76.5 Å². The molecule has 704 valence electrons. The molecule has 12 atom stereocenters. The third-order valence-electron chi connectivity index (χ3n) is 25.4. The van der Waals surface area contributed by atoms with Gasteiger partial charge in [0.15, 0.2) is 0 Å². The Balaban J connectivity index is 0.000000189. The molecule has 9 N–H and O–H groups in total. The molecule has 10 aromatic rings. The normalized spacial score (nSPS) is 20.0. The maximum Gasteiger partial charge on any atom is 0.410 e. The number of amides is 8. The molecule has 3 unspecified atom stereocenters. The van der Waals surface area contributed by atoms with Gasteiger partial charge in [0.25, 0.3) is 0 Å². The number of aromatic amines is 4. The fraction of sp³-hybridized carbons (Fsp3) is 0.495. The van der Waals surface area contributed by atoms with E-state index in [1.165, 1.54) is 28.4 Å². The van der Waals surface area contributed by atoms with Crippen LogP contribution in [0.5, 0.6) is 11.5 Å². The number of nitrogens with one attached hydrogen (secondary N) is 8.